The lowest BCUT2D eigenvalue weighted by Crippen LogP contribution is -2.11. The summed E-state index contributed by atoms with van der Waals surface area (Å²) < 4.78 is 10.3. The molecule has 0 aromatic rings. The van der Waals surface area contributed by atoms with Crippen LogP contribution >= 0.6 is 0 Å². The van der Waals surface area contributed by atoms with E-state index in [9.17, 15) is 4.21 Å². The van der Waals surface area contributed by atoms with Crippen LogP contribution in [0, 0.1) is 0 Å². The Labute approximate surface area is 51.7 Å². The molecule has 0 radical (unpaired) electrons. The smallest absolute Gasteiger partial charge is 0.0833 e. The van der Waals surface area contributed by atoms with Gasteiger partial charge in [-0.3, -0.25) is 4.21 Å². The molecule has 0 aliphatic heterocycles. The molecule has 0 aromatic heterocycles. The summed E-state index contributed by atoms with van der Waals surface area (Å²) in [5.41, 5.74) is 0. The molecule has 48 valence electrons. The van der Waals surface area contributed by atoms with E-state index >= 15 is 0 Å². The van der Waals surface area contributed by atoms with E-state index in [2.05, 4.69) is 6.58 Å². The maximum absolute atomic E-state index is 10.3. The van der Waals surface area contributed by atoms with E-state index in [0.29, 0.717) is 5.75 Å². The van der Waals surface area contributed by atoms with Gasteiger partial charge in [-0.05, 0) is 0 Å². The Balaban J connectivity index is 3.38. The van der Waals surface area contributed by atoms with Crippen molar-refractivity contribution in [1.82, 2.24) is 0 Å². The molecule has 0 aliphatic rings. The lowest BCUT2D eigenvalue weighted by molar-refractivity contribution is 0.248. The van der Waals surface area contributed by atoms with E-state index in [-0.39, 0.29) is 0 Å². The molecule has 0 spiro atoms. The first kappa shape index (κ1) is 7.85. The summed E-state index contributed by atoms with van der Waals surface area (Å²) in [6.45, 7) is 3.33. The van der Waals surface area contributed by atoms with Gasteiger partial charge in [-0.2, -0.15) is 0 Å². The number of hydrogen-bond acceptors (Lipinski definition) is 2. The fourth-order valence-corrected chi connectivity index (χ4v) is 0.926. The zero-order valence-electron chi connectivity index (χ0n) is 4.83. The SMILES string of the molecule is C=C[C@H](O)CS(C)=O. The maximum atomic E-state index is 10.3. The molecule has 0 fully saturated rings. The Morgan fingerprint density at radius 1 is 2.00 bits per heavy atom. The molecule has 2 atom stereocenters. The van der Waals surface area contributed by atoms with Crippen molar-refractivity contribution in [1.29, 1.82) is 0 Å². The van der Waals surface area contributed by atoms with Crippen LogP contribution in [0.15, 0.2) is 12.7 Å². The molecule has 2 nitrogen and oxygen atoms in total. The van der Waals surface area contributed by atoms with Gasteiger partial charge in [0.15, 0.2) is 0 Å². The van der Waals surface area contributed by atoms with E-state index in [0.717, 1.165) is 0 Å². The molecule has 0 aliphatic carbocycles. The highest BCUT2D eigenvalue weighted by atomic mass is 32.2. The Bertz CT molecular complexity index is 101. The van der Waals surface area contributed by atoms with Crippen LogP contribution in [0.2, 0.25) is 0 Å². The largest absolute Gasteiger partial charge is 0.388 e. The second-order valence-corrected chi connectivity index (χ2v) is 3.02. The van der Waals surface area contributed by atoms with Gasteiger partial charge in [0.1, 0.15) is 0 Å². The first-order valence-electron chi connectivity index (χ1n) is 2.27. The summed E-state index contributed by atoms with van der Waals surface area (Å²) in [4.78, 5) is 0. The van der Waals surface area contributed by atoms with E-state index in [1.54, 1.807) is 6.26 Å². The van der Waals surface area contributed by atoms with Crippen LogP contribution in [0.5, 0.6) is 0 Å². The van der Waals surface area contributed by atoms with Gasteiger partial charge in [-0.15, -0.1) is 6.58 Å². The first-order valence-corrected chi connectivity index (χ1v) is 4.00. The van der Waals surface area contributed by atoms with Crippen LogP contribution in [0.1, 0.15) is 0 Å². The van der Waals surface area contributed by atoms with Gasteiger partial charge in [0, 0.05) is 17.1 Å². The third kappa shape index (κ3) is 4.02. The highest BCUT2D eigenvalue weighted by Gasteiger charge is 1.98. The van der Waals surface area contributed by atoms with Crippen LogP contribution in [0.25, 0.3) is 0 Å². The highest BCUT2D eigenvalue weighted by Crippen LogP contribution is 1.85. The Kier molecular flexibility index (Phi) is 3.73. The minimum atomic E-state index is -0.917. The molecule has 0 amide bonds. The van der Waals surface area contributed by atoms with Crippen LogP contribution in [-0.2, 0) is 10.8 Å². The Morgan fingerprint density at radius 2 is 2.50 bits per heavy atom. The lowest BCUT2D eigenvalue weighted by atomic mass is 10.4. The predicted molar refractivity (Wildman–Crippen MR) is 35.1 cm³/mol. The lowest BCUT2D eigenvalue weighted by Gasteiger charge is -1.98. The minimum absolute atomic E-state index is 0.295. The second kappa shape index (κ2) is 3.80. The summed E-state index contributed by atoms with van der Waals surface area (Å²) in [6.07, 6.45) is 2.31. The first-order chi connectivity index (χ1) is 3.66. The fourth-order valence-electron chi connectivity index (χ4n) is 0.309. The molecule has 0 heterocycles. The number of rotatable bonds is 3. The number of hydrogen-bond donors (Lipinski definition) is 1. The van der Waals surface area contributed by atoms with Gasteiger partial charge >= 0.3 is 0 Å². The summed E-state index contributed by atoms with van der Waals surface area (Å²) in [7, 11) is -0.917. The average Bonchev–Trinajstić information content (AvgIpc) is 1.65. The summed E-state index contributed by atoms with van der Waals surface area (Å²) >= 11 is 0. The maximum Gasteiger partial charge on any atom is 0.0833 e. The minimum Gasteiger partial charge on any atom is -0.388 e. The van der Waals surface area contributed by atoms with Crippen molar-refractivity contribution >= 4 is 10.8 Å². The van der Waals surface area contributed by atoms with Crippen LogP contribution in [-0.4, -0.2) is 27.4 Å². The van der Waals surface area contributed by atoms with Crippen LogP contribution in [0.4, 0.5) is 0 Å². The zero-order valence-corrected chi connectivity index (χ0v) is 5.65. The Morgan fingerprint density at radius 3 is 2.62 bits per heavy atom. The molecule has 0 aromatic carbocycles. The third-order valence-corrected chi connectivity index (χ3v) is 1.49. The van der Waals surface area contributed by atoms with Crippen molar-refractivity contribution in [3.8, 4) is 0 Å². The molecular weight excluding hydrogens is 124 g/mol. The van der Waals surface area contributed by atoms with Gasteiger partial charge in [-0.25, -0.2) is 0 Å². The van der Waals surface area contributed by atoms with E-state index in [4.69, 9.17) is 5.11 Å². The normalized spacial score (nSPS) is 17.2. The fraction of sp³-hybridized carbons (Fsp3) is 0.600. The molecule has 0 saturated heterocycles. The van der Waals surface area contributed by atoms with Crippen LogP contribution < -0.4 is 0 Å². The molecule has 1 N–H and O–H groups in total. The predicted octanol–water partition coefficient (Wildman–Crippen LogP) is -0.0882. The van der Waals surface area contributed by atoms with Crippen LogP contribution in [0.3, 0.4) is 0 Å². The molecule has 8 heavy (non-hydrogen) atoms. The number of aliphatic hydroxyl groups is 1. The van der Waals surface area contributed by atoms with E-state index in [1.165, 1.54) is 6.08 Å². The molecule has 0 rings (SSSR count). The van der Waals surface area contributed by atoms with Crippen molar-refractivity contribution in [2.24, 2.45) is 0 Å². The second-order valence-electron chi connectivity index (χ2n) is 1.54. The van der Waals surface area contributed by atoms with Gasteiger partial charge in [0.2, 0.25) is 0 Å². The van der Waals surface area contributed by atoms with Gasteiger partial charge in [-0.1, -0.05) is 6.08 Å². The zero-order chi connectivity index (χ0) is 6.57. The van der Waals surface area contributed by atoms with Crippen molar-refractivity contribution < 1.29 is 9.32 Å². The van der Waals surface area contributed by atoms with Crippen molar-refractivity contribution in [2.45, 2.75) is 6.10 Å². The standard InChI is InChI=1S/C5H10O2S/c1-3-5(6)4-8(2)7/h3,5-6H,1,4H2,2H3/t5-,8?/m0/s1. The summed E-state index contributed by atoms with van der Waals surface area (Å²) in [5, 5.41) is 8.72. The summed E-state index contributed by atoms with van der Waals surface area (Å²) in [5.74, 6) is 0.295. The molecule has 1 unspecified atom stereocenters. The number of aliphatic hydroxyl groups excluding tert-OH is 1. The van der Waals surface area contributed by atoms with Gasteiger partial charge in [0.05, 0.1) is 11.9 Å². The van der Waals surface area contributed by atoms with Crippen molar-refractivity contribution in [3.05, 3.63) is 12.7 Å². The van der Waals surface area contributed by atoms with Gasteiger partial charge < -0.3 is 5.11 Å². The van der Waals surface area contributed by atoms with E-state index < -0.39 is 16.9 Å². The summed E-state index contributed by atoms with van der Waals surface area (Å²) in [6, 6.07) is 0. The monoisotopic (exact) mass is 134 g/mol. The van der Waals surface area contributed by atoms with E-state index in [1.807, 2.05) is 0 Å². The van der Waals surface area contributed by atoms with Gasteiger partial charge in [0.25, 0.3) is 0 Å². The third-order valence-electron chi connectivity index (χ3n) is 0.678. The quantitative estimate of drug-likeness (QED) is 0.548. The Hall–Kier alpha value is -0.150. The molecular formula is C5H10O2S. The molecule has 0 bridgehead atoms. The average molecular weight is 134 g/mol. The van der Waals surface area contributed by atoms with Crippen molar-refractivity contribution in [2.75, 3.05) is 12.0 Å². The molecule has 0 saturated carbocycles. The molecule has 3 heteroatoms. The topological polar surface area (TPSA) is 37.3 Å². The highest BCUT2D eigenvalue weighted by molar-refractivity contribution is 7.84. The van der Waals surface area contributed by atoms with Crippen molar-refractivity contribution in [3.63, 3.8) is 0 Å².